The summed E-state index contributed by atoms with van der Waals surface area (Å²) in [6.07, 6.45) is 2.41. The van der Waals surface area contributed by atoms with Crippen LogP contribution in [-0.4, -0.2) is 38.8 Å². The molecule has 22 heavy (non-hydrogen) atoms. The van der Waals surface area contributed by atoms with Crippen molar-refractivity contribution in [3.8, 4) is 0 Å². The zero-order valence-corrected chi connectivity index (χ0v) is 13.9. The van der Waals surface area contributed by atoms with Crippen LogP contribution in [0, 0.1) is 0 Å². The molecule has 1 fully saturated rings. The van der Waals surface area contributed by atoms with Crippen LogP contribution in [0.15, 0.2) is 29.2 Å². The molecule has 1 aromatic rings. The molecule has 0 spiro atoms. The van der Waals surface area contributed by atoms with Crippen LogP contribution in [0.3, 0.4) is 0 Å². The lowest BCUT2D eigenvalue weighted by molar-refractivity contribution is -0.120. The zero-order valence-electron chi connectivity index (χ0n) is 13.0. The molecule has 1 amide bonds. The molecule has 0 aromatic heterocycles. The van der Waals surface area contributed by atoms with E-state index in [0.717, 1.165) is 25.0 Å². The van der Waals surface area contributed by atoms with E-state index in [1.807, 2.05) is 0 Å². The summed E-state index contributed by atoms with van der Waals surface area (Å²) in [5.41, 5.74) is 0.799. The molecule has 1 aliphatic heterocycles. The summed E-state index contributed by atoms with van der Waals surface area (Å²) in [5, 5.41) is 2.40. The monoisotopic (exact) mass is 325 g/mol. The highest BCUT2D eigenvalue weighted by Gasteiger charge is 2.19. The van der Waals surface area contributed by atoms with Crippen molar-refractivity contribution in [1.82, 2.24) is 5.32 Å². The van der Waals surface area contributed by atoms with Crippen molar-refractivity contribution in [1.29, 1.82) is 0 Å². The van der Waals surface area contributed by atoms with Crippen LogP contribution in [0.4, 0.5) is 0 Å². The van der Waals surface area contributed by atoms with E-state index in [1.54, 1.807) is 38.1 Å². The van der Waals surface area contributed by atoms with Gasteiger partial charge in [0.05, 0.1) is 22.7 Å². The molecule has 6 heteroatoms. The standard InChI is InChI=1S/C16H23NO4S/c1-12(2)22(19,20)15-7-5-13(6-8-15)10-16(18)17-11-14-4-3-9-21-14/h5-8,12,14H,3-4,9-11H2,1-2H3,(H,17,18). The molecule has 5 nitrogen and oxygen atoms in total. The molecule has 0 aliphatic carbocycles. The minimum atomic E-state index is -3.26. The molecule has 0 bridgehead atoms. The molecule has 2 rings (SSSR count). The van der Waals surface area contributed by atoms with Crippen molar-refractivity contribution in [2.45, 2.75) is 49.4 Å². The SMILES string of the molecule is CC(C)S(=O)(=O)c1ccc(CC(=O)NCC2CCCO2)cc1. The van der Waals surface area contributed by atoms with Crippen molar-refractivity contribution in [2.24, 2.45) is 0 Å². The largest absolute Gasteiger partial charge is 0.376 e. The lowest BCUT2D eigenvalue weighted by Crippen LogP contribution is -2.32. The van der Waals surface area contributed by atoms with E-state index < -0.39 is 15.1 Å². The topological polar surface area (TPSA) is 72.5 Å². The van der Waals surface area contributed by atoms with Crippen LogP contribution in [-0.2, 0) is 25.8 Å². The van der Waals surface area contributed by atoms with Gasteiger partial charge in [-0.15, -0.1) is 0 Å². The lowest BCUT2D eigenvalue weighted by Gasteiger charge is -2.11. The lowest BCUT2D eigenvalue weighted by atomic mass is 10.1. The minimum absolute atomic E-state index is 0.0741. The van der Waals surface area contributed by atoms with Gasteiger partial charge in [0.1, 0.15) is 0 Å². The van der Waals surface area contributed by atoms with Crippen LogP contribution >= 0.6 is 0 Å². The van der Waals surface area contributed by atoms with Gasteiger partial charge in [0, 0.05) is 13.2 Å². The second-order valence-corrected chi connectivity index (χ2v) is 8.36. The Labute approximate surface area is 132 Å². The molecule has 1 heterocycles. The van der Waals surface area contributed by atoms with Gasteiger partial charge >= 0.3 is 0 Å². The summed E-state index contributed by atoms with van der Waals surface area (Å²) in [7, 11) is -3.26. The Hall–Kier alpha value is -1.40. The first kappa shape index (κ1) is 17.0. The molecule has 1 aliphatic rings. The van der Waals surface area contributed by atoms with Crippen LogP contribution < -0.4 is 5.32 Å². The summed E-state index contributed by atoms with van der Waals surface area (Å²) in [4.78, 5) is 12.2. The summed E-state index contributed by atoms with van der Waals surface area (Å²) in [6, 6.07) is 6.53. The fraction of sp³-hybridized carbons (Fsp3) is 0.562. The first-order valence-corrected chi connectivity index (χ1v) is 9.15. The van der Waals surface area contributed by atoms with Crippen LogP contribution in [0.2, 0.25) is 0 Å². The summed E-state index contributed by atoms with van der Waals surface area (Å²) >= 11 is 0. The third-order valence-electron chi connectivity index (χ3n) is 3.79. The summed E-state index contributed by atoms with van der Waals surface area (Å²) in [6.45, 7) is 4.62. The first-order chi connectivity index (χ1) is 10.4. The van der Waals surface area contributed by atoms with Gasteiger partial charge < -0.3 is 10.1 Å². The fourth-order valence-corrected chi connectivity index (χ4v) is 3.41. The number of carbonyl (C=O) groups is 1. The molecule has 1 atom stereocenters. The number of amides is 1. The van der Waals surface area contributed by atoms with E-state index in [4.69, 9.17) is 4.74 Å². The number of benzene rings is 1. The van der Waals surface area contributed by atoms with Crippen LogP contribution in [0.25, 0.3) is 0 Å². The Kier molecular flexibility index (Phi) is 5.58. The second kappa shape index (κ2) is 7.24. The number of carbonyl (C=O) groups excluding carboxylic acids is 1. The Morgan fingerprint density at radius 1 is 1.32 bits per heavy atom. The minimum Gasteiger partial charge on any atom is -0.376 e. The maximum atomic E-state index is 12.0. The quantitative estimate of drug-likeness (QED) is 0.864. The maximum Gasteiger partial charge on any atom is 0.224 e. The van der Waals surface area contributed by atoms with Gasteiger partial charge in [0.25, 0.3) is 0 Å². The third kappa shape index (κ3) is 4.30. The fourth-order valence-electron chi connectivity index (χ4n) is 2.35. The van der Waals surface area contributed by atoms with E-state index in [1.165, 1.54) is 0 Å². The van der Waals surface area contributed by atoms with Crippen molar-refractivity contribution in [3.63, 3.8) is 0 Å². The molecule has 1 N–H and O–H groups in total. The smallest absolute Gasteiger partial charge is 0.224 e. The van der Waals surface area contributed by atoms with Crippen LogP contribution in [0.5, 0.6) is 0 Å². The maximum absolute atomic E-state index is 12.0. The van der Waals surface area contributed by atoms with Gasteiger partial charge in [0.15, 0.2) is 9.84 Å². The number of ether oxygens (including phenoxy) is 1. The van der Waals surface area contributed by atoms with Crippen molar-refractivity contribution < 1.29 is 17.9 Å². The number of hydrogen-bond donors (Lipinski definition) is 1. The first-order valence-electron chi connectivity index (χ1n) is 7.60. The average molecular weight is 325 g/mol. The van der Waals surface area contributed by atoms with E-state index in [0.29, 0.717) is 11.4 Å². The van der Waals surface area contributed by atoms with Crippen molar-refractivity contribution in [3.05, 3.63) is 29.8 Å². The highest BCUT2D eigenvalue weighted by molar-refractivity contribution is 7.92. The van der Waals surface area contributed by atoms with Crippen molar-refractivity contribution in [2.75, 3.05) is 13.2 Å². The molecule has 0 radical (unpaired) electrons. The summed E-state index contributed by atoms with van der Waals surface area (Å²) in [5.74, 6) is -0.0741. The Morgan fingerprint density at radius 2 is 2.00 bits per heavy atom. The molecule has 1 aromatic carbocycles. The van der Waals surface area contributed by atoms with E-state index in [2.05, 4.69) is 5.32 Å². The molecule has 122 valence electrons. The number of sulfone groups is 1. The Bertz CT molecular complexity index is 602. The Balaban J connectivity index is 1.89. The molecular weight excluding hydrogens is 302 g/mol. The number of rotatable bonds is 6. The zero-order chi connectivity index (χ0) is 16.2. The van der Waals surface area contributed by atoms with E-state index in [9.17, 15) is 13.2 Å². The number of hydrogen-bond acceptors (Lipinski definition) is 4. The number of nitrogens with one attached hydrogen (secondary N) is 1. The molecule has 1 unspecified atom stereocenters. The predicted molar refractivity (Wildman–Crippen MR) is 84.5 cm³/mol. The average Bonchev–Trinajstić information content (AvgIpc) is 2.99. The third-order valence-corrected chi connectivity index (χ3v) is 5.96. The molecule has 1 saturated heterocycles. The van der Waals surface area contributed by atoms with Crippen LogP contribution in [0.1, 0.15) is 32.3 Å². The summed E-state index contributed by atoms with van der Waals surface area (Å²) < 4.78 is 29.5. The van der Waals surface area contributed by atoms with Gasteiger partial charge in [-0.25, -0.2) is 8.42 Å². The van der Waals surface area contributed by atoms with E-state index in [-0.39, 0.29) is 18.4 Å². The highest BCUT2D eigenvalue weighted by atomic mass is 32.2. The second-order valence-electron chi connectivity index (χ2n) is 5.85. The van der Waals surface area contributed by atoms with Gasteiger partial charge in [-0.3, -0.25) is 4.79 Å². The van der Waals surface area contributed by atoms with Gasteiger partial charge in [0.2, 0.25) is 5.91 Å². The normalized spacial score (nSPS) is 18.6. The highest BCUT2D eigenvalue weighted by Crippen LogP contribution is 2.17. The van der Waals surface area contributed by atoms with Gasteiger partial charge in [-0.1, -0.05) is 12.1 Å². The van der Waals surface area contributed by atoms with Crippen molar-refractivity contribution >= 4 is 15.7 Å². The van der Waals surface area contributed by atoms with Gasteiger partial charge in [-0.05, 0) is 44.4 Å². The van der Waals surface area contributed by atoms with E-state index >= 15 is 0 Å². The Morgan fingerprint density at radius 3 is 2.55 bits per heavy atom. The van der Waals surface area contributed by atoms with Gasteiger partial charge in [-0.2, -0.15) is 0 Å². The molecular formula is C16H23NO4S. The predicted octanol–water partition coefficient (Wildman–Crippen LogP) is 1.71. The molecule has 0 saturated carbocycles.